The minimum Gasteiger partial charge on any atom is -0.481 e. The highest BCUT2D eigenvalue weighted by molar-refractivity contribution is 9.08. The van der Waals surface area contributed by atoms with Gasteiger partial charge in [0.25, 0.3) is 0 Å². The van der Waals surface area contributed by atoms with Gasteiger partial charge in [-0.05, 0) is 29.9 Å². The van der Waals surface area contributed by atoms with Crippen LogP contribution in [0.4, 0.5) is 0 Å². The number of alkyl halides is 1. The van der Waals surface area contributed by atoms with Gasteiger partial charge in [-0.1, -0.05) is 53.0 Å². The van der Waals surface area contributed by atoms with Crippen molar-refractivity contribution in [2.24, 2.45) is 5.92 Å². The predicted octanol–water partition coefficient (Wildman–Crippen LogP) is 3.94. The fourth-order valence-corrected chi connectivity index (χ4v) is 3.08. The van der Waals surface area contributed by atoms with Gasteiger partial charge in [0.05, 0.1) is 5.92 Å². The maximum absolute atomic E-state index is 11.3. The Morgan fingerprint density at radius 1 is 1.35 bits per heavy atom. The lowest BCUT2D eigenvalue weighted by molar-refractivity contribution is -0.143. The van der Waals surface area contributed by atoms with Crippen LogP contribution in [0.15, 0.2) is 24.3 Å². The van der Waals surface area contributed by atoms with E-state index in [-0.39, 0.29) is 11.8 Å². The summed E-state index contributed by atoms with van der Waals surface area (Å²) in [5, 5.41) is 10.1. The number of aliphatic carboxylic acids is 1. The van der Waals surface area contributed by atoms with Crippen molar-refractivity contribution >= 4 is 21.9 Å². The Hall–Kier alpha value is -0.830. The third kappa shape index (κ3) is 2.89. The second kappa shape index (κ2) is 5.67. The molecule has 1 N–H and O–H groups in total. The van der Waals surface area contributed by atoms with Gasteiger partial charge >= 0.3 is 5.97 Å². The molecular formula is C14H17BrO2. The van der Waals surface area contributed by atoms with Gasteiger partial charge < -0.3 is 5.11 Å². The van der Waals surface area contributed by atoms with E-state index in [9.17, 15) is 9.90 Å². The zero-order valence-corrected chi connectivity index (χ0v) is 11.3. The van der Waals surface area contributed by atoms with Gasteiger partial charge in [-0.2, -0.15) is 0 Å². The molecule has 17 heavy (non-hydrogen) atoms. The van der Waals surface area contributed by atoms with Gasteiger partial charge in [0.1, 0.15) is 0 Å². The van der Waals surface area contributed by atoms with Gasteiger partial charge in [0, 0.05) is 5.33 Å². The van der Waals surface area contributed by atoms with E-state index < -0.39 is 5.97 Å². The summed E-state index contributed by atoms with van der Waals surface area (Å²) in [6, 6.07) is 8.30. The van der Waals surface area contributed by atoms with Crippen LogP contribution in [0.25, 0.3) is 0 Å². The smallest absolute Gasteiger partial charge is 0.307 e. The van der Waals surface area contributed by atoms with Gasteiger partial charge in [0.15, 0.2) is 0 Å². The Morgan fingerprint density at radius 3 is 2.82 bits per heavy atom. The van der Waals surface area contributed by atoms with Crippen molar-refractivity contribution in [3.63, 3.8) is 0 Å². The van der Waals surface area contributed by atoms with Crippen molar-refractivity contribution in [3.05, 3.63) is 35.4 Å². The largest absolute Gasteiger partial charge is 0.481 e. The molecule has 1 aromatic rings. The average molecular weight is 297 g/mol. The number of carboxylic acid groups (broad SMARTS) is 1. The van der Waals surface area contributed by atoms with Gasteiger partial charge in [-0.15, -0.1) is 0 Å². The molecular weight excluding hydrogens is 280 g/mol. The number of carbonyl (C=O) groups is 1. The molecule has 2 unspecified atom stereocenters. The van der Waals surface area contributed by atoms with Crippen molar-refractivity contribution in [2.75, 3.05) is 0 Å². The lowest BCUT2D eigenvalue weighted by atomic mass is 9.75. The van der Waals surface area contributed by atoms with Crippen LogP contribution in [0.5, 0.6) is 0 Å². The minimum atomic E-state index is -0.640. The number of carboxylic acids is 1. The molecule has 1 saturated carbocycles. The van der Waals surface area contributed by atoms with Crippen LogP contribution in [0, 0.1) is 5.92 Å². The van der Waals surface area contributed by atoms with E-state index in [1.54, 1.807) is 0 Å². The van der Waals surface area contributed by atoms with Gasteiger partial charge in [-0.3, -0.25) is 4.79 Å². The third-order valence-electron chi connectivity index (χ3n) is 3.62. The minimum absolute atomic E-state index is 0.195. The third-order valence-corrected chi connectivity index (χ3v) is 4.26. The van der Waals surface area contributed by atoms with Crippen molar-refractivity contribution in [3.8, 4) is 0 Å². The highest BCUT2D eigenvalue weighted by Gasteiger charge is 2.31. The van der Waals surface area contributed by atoms with Crippen LogP contribution in [-0.2, 0) is 10.1 Å². The molecule has 0 amide bonds. The summed E-state index contributed by atoms with van der Waals surface area (Å²) in [6.07, 6.45) is 4.01. The van der Waals surface area contributed by atoms with E-state index in [0.717, 1.165) is 31.0 Å². The number of halogens is 1. The summed E-state index contributed by atoms with van der Waals surface area (Å²) >= 11 is 3.44. The average Bonchev–Trinajstić information content (AvgIpc) is 2.39. The maximum atomic E-state index is 11.3. The van der Waals surface area contributed by atoms with Crippen molar-refractivity contribution in [1.82, 2.24) is 0 Å². The first-order valence-electron chi connectivity index (χ1n) is 6.10. The van der Waals surface area contributed by atoms with Crippen LogP contribution in [-0.4, -0.2) is 11.1 Å². The molecule has 0 bridgehead atoms. The molecule has 2 nitrogen and oxygen atoms in total. The lowest BCUT2D eigenvalue weighted by Gasteiger charge is -2.29. The summed E-state index contributed by atoms with van der Waals surface area (Å²) < 4.78 is 0. The molecule has 2 rings (SSSR count). The Labute approximate surface area is 110 Å². The van der Waals surface area contributed by atoms with Crippen molar-refractivity contribution < 1.29 is 9.90 Å². The monoisotopic (exact) mass is 296 g/mol. The number of benzene rings is 1. The molecule has 3 heteroatoms. The van der Waals surface area contributed by atoms with E-state index in [0.29, 0.717) is 0 Å². The number of hydrogen-bond donors (Lipinski definition) is 1. The normalized spacial score (nSPS) is 24.5. The molecule has 0 heterocycles. The standard InChI is InChI=1S/C14H17BrO2/c15-9-10-4-3-5-11(8-10)12-6-1-2-7-13(12)14(16)17/h3-5,8,12-13H,1-2,6-7,9H2,(H,16,17). The van der Waals surface area contributed by atoms with E-state index in [1.807, 2.05) is 6.07 Å². The molecule has 0 aromatic heterocycles. The molecule has 1 fully saturated rings. The highest BCUT2D eigenvalue weighted by atomic mass is 79.9. The molecule has 1 aromatic carbocycles. The van der Waals surface area contributed by atoms with Crippen LogP contribution >= 0.6 is 15.9 Å². The fraction of sp³-hybridized carbons (Fsp3) is 0.500. The first-order valence-corrected chi connectivity index (χ1v) is 7.22. The molecule has 92 valence electrons. The summed E-state index contributed by atoms with van der Waals surface area (Å²) in [6.45, 7) is 0. The van der Waals surface area contributed by atoms with Gasteiger partial charge in [0.2, 0.25) is 0 Å². The topological polar surface area (TPSA) is 37.3 Å². The Bertz CT molecular complexity index is 403. The lowest BCUT2D eigenvalue weighted by Crippen LogP contribution is -2.25. The van der Waals surface area contributed by atoms with Crippen LogP contribution in [0.1, 0.15) is 42.7 Å². The molecule has 0 saturated heterocycles. The van der Waals surface area contributed by atoms with E-state index in [2.05, 4.69) is 34.1 Å². The van der Waals surface area contributed by atoms with Crippen molar-refractivity contribution in [2.45, 2.75) is 36.9 Å². The first kappa shape index (κ1) is 12.6. The summed E-state index contributed by atoms with van der Waals surface area (Å²) in [4.78, 5) is 11.3. The molecule has 0 aliphatic heterocycles. The second-order valence-corrected chi connectivity index (χ2v) is 5.28. The predicted molar refractivity (Wildman–Crippen MR) is 71.4 cm³/mol. The van der Waals surface area contributed by atoms with Crippen LogP contribution < -0.4 is 0 Å². The van der Waals surface area contributed by atoms with E-state index in [1.165, 1.54) is 11.1 Å². The molecule has 1 aliphatic rings. The number of hydrogen-bond acceptors (Lipinski definition) is 1. The first-order chi connectivity index (χ1) is 8.22. The van der Waals surface area contributed by atoms with Gasteiger partial charge in [-0.25, -0.2) is 0 Å². The van der Waals surface area contributed by atoms with Crippen molar-refractivity contribution in [1.29, 1.82) is 0 Å². The summed E-state index contributed by atoms with van der Waals surface area (Å²) in [7, 11) is 0. The summed E-state index contributed by atoms with van der Waals surface area (Å²) in [5.74, 6) is -0.645. The summed E-state index contributed by atoms with van der Waals surface area (Å²) in [5.41, 5.74) is 2.41. The SMILES string of the molecule is O=C(O)C1CCCCC1c1cccc(CBr)c1. The van der Waals surface area contributed by atoms with Crippen LogP contribution in [0.3, 0.4) is 0 Å². The fourth-order valence-electron chi connectivity index (χ4n) is 2.73. The Kier molecular flexibility index (Phi) is 4.21. The molecule has 2 atom stereocenters. The van der Waals surface area contributed by atoms with Crippen LogP contribution in [0.2, 0.25) is 0 Å². The maximum Gasteiger partial charge on any atom is 0.307 e. The van der Waals surface area contributed by atoms with E-state index in [4.69, 9.17) is 0 Å². The molecule has 0 spiro atoms. The Morgan fingerprint density at radius 2 is 2.12 bits per heavy atom. The molecule has 1 aliphatic carbocycles. The zero-order valence-electron chi connectivity index (χ0n) is 9.73. The molecule has 0 radical (unpaired) electrons. The number of rotatable bonds is 3. The highest BCUT2D eigenvalue weighted by Crippen LogP contribution is 2.38. The quantitative estimate of drug-likeness (QED) is 0.858. The Balaban J connectivity index is 2.26. The zero-order chi connectivity index (χ0) is 12.3. The van der Waals surface area contributed by atoms with E-state index >= 15 is 0 Å². The second-order valence-electron chi connectivity index (χ2n) is 4.71.